The van der Waals surface area contributed by atoms with Gasteiger partial charge in [-0.1, -0.05) is 57.0 Å². The van der Waals surface area contributed by atoms with E-state index in [0.29, 0.717) is 0 Å². The maximum absolute atomic E-state index is 2.53. The summed E-state index contributed by atoms with van der Waals surface area (Å²) in [6.07, 6.45) is 16.0. The van der Waals surface area contributed by atoms with E-state index in [4.69, 9.17) is 0 Å². The molecular formula is C22H33IN2. The average molecular weight is 452 g/mol. The van der Waals surface area contributed by atoms with Gasteiger partial charge in [0.15, 0.2) is 0 Å². The highest BCUT2D eigenvalue weighted by Gasteiger charge is 2.05. The zero-order valence-electron chi connectivity index (χ0n) is 15.9. The molecule has 0 fully saturated rings. The fourth-order valence-corrected chi connectivity index (χ4v) is 2.77. The molecule has 1 aromatic rings. The second kappa shape index (κ2) is 12.2. The first-order chi connectivity index (χ1) is 11.7. The fourth-order valence-electron chi connectivity index (χ4n) is 2.77. The zero-order valence-corrected chi connectivity index (χ0v) is 18.3. The zero-order chi connectivity index (χ0) is 17.2. The normalized spacial score (nSPS) is 13.7. The Morgan fingerprint density at radius 3 is 2.16 bits per heavy atom. The van der Waals surface area contributed by atoms with Crippen LogP contribution in [-0.2, 0) is 0 Å². The van der Waals surface area contributed by atoms with Gasteiger partial charge in [-0.3, -0.25) is 0 Å². The van der Waals surface area contributed by atoms with Gasteiger partial charge in [-0.05, 0) is 48.4 Å². The van der Waals surface area contributed by atoms with Crippen LogP contribution in [0.2, 0.25) is 0 Å². The van der Waals surface area contributed by atoms with Gasteiger partial charge in [0.1, 0.15) is 0 Å². The highest BCUT2D eigenvalue weighted by molar-refractivity contribution is 14.0. The van der Waals surface area contributed by atoms with Crippen LogP contribution in [0.1, 0.15) is 45.1 Å². The van der Waals surface area contributed by atoms with E-state index in [0.717, 1.165) is 19.6 Å². The summed E-state index contributed by atoms with van der Waals surface area (Å²) in [5.41, 5.74) is 3.90. The molecule has 25 heavy (non-hydrogen) atoms. The molecule has 3 heteroatoms. The Labute approximate surface area is 171 Å². The van der Waals surface area contributed by atoms with E-state index in [1.807, 2.05) is 0 Å². The summed E-state index contributed by atoms with van der Waals surface area (Å²) < 4.78 is 0. The SMILES string of the molecule is CCCCN(CCCC)c1ccc(/C=C/C2=CCN(C)C=C2)cc1.I. The van der Waals surface area contributed by atoms with Gasteiger partial charge in [-0.25, -0.2) is 0 Å². The van der Waals surface area contributed by atoms with E-state index in [1.165, 1.54) is 42.5 Å². The Hall–Kier alpha value is -1.23. The number of rotatable bonds is 9. The van der Waals surface area contributed by atoms with Crippen LogP contribution >= 0.6 is 24.0 Å². The van der Waals surface area contributed by atoms with Crippen molar-refractivity contribution in [1.29, 1.82) is 0 Å². The lowest BCUT2D eigenvalue weighted by Gasteiger charge is -2.24. The maximum Gasteiger partial charge on any atom is 0.0366 e. The third kappa shape index (κ3) is 7.68. The number of benzene rings is 1. The van der Waals surface area contributed by atoms with Crippen molar-refractivity contribution in [3.05, 3.63) is 59.8 Å². The van der Waals surface area contributed by atoms with Gasteiger partial charge in [0.2, 0.25) is 0 Å². The summed E-state index contributed by atoms with van der Waals surface area (Å²) in [5.74, 6) is 0. The highest BCUT2D eigenvalue weighted by Crippen LogP contribution is 2.18. The van der Waals surface area contributed by atoms with Gasteiger partial charge in [-0.2, -0.15) is 0 Å². The van der Waals surface area contributed by atoms with Crippen molar-refractivity contribution in [3.8, 4) is 0 Å². The standard InChI is InChI=1S/C22H32N2.HI/c1-4-6-16-24(17-7-5-2)22-12-10-20(11-13-22)8-9-21-14-18-23(3)19-15-21;/h8-15,18H,4-7,16-17,19H2,1-3H3;1H/b9-8+;. The van der Waals surface area contributed by atoms with Gasteiger partial charge < -0.3 is 9.80 Å². The summed E-state index contributed by atoms with van der Waals surface area (Å²) in [5, 5.41) is 0. The van der Waals surface area contributed by atoms with Crippen LogP contribution in [0.5, 0.6) is 0 Å². The molecule has 2 nitrogen and oxygen atoms in total. The molecule has 138 valence electrons. The number of allylic oxidation sites excluding steroid dienone is 3. The number of hydrogen-bond acceptors (Lipinski definition) is 2. The second-order valence-electron chi connectivity index (χ2n) is 6.58. The molecule has 0 unspecified atom stereocenters. The van der Waals surface area contributed by atoms with E-state index in [1.54, 1.807) is 0 Å². The van der Waals surface area contributed by atoms with Crippen LogP contribution < -0.4 is 4.90 Å². The van der Waals surface area contributed by atoms with Gasteiger partial charge >= 0.3 is 0 Å². The fraction of sp³-hybridized carbons (Fsp3) is 0.455. The predicted molar refractivity (Wildman–Crippen MR) is 123 cm³/mol. The first kappa shape index (κ1) is 21.8. The molecule has 0 radical (unpaired) electrons. The number of likely N-dealkylation sites (N-methyl/N-ethyl adjacent to an activating group) is 1. The van der Waals surface area contributed by atoms with Crippen molar-refractivity contribution >= 4 is 35.7 Å². The highest BCUT2D eigenvalue weighted by atomic mass is 127. The summed E-state index contributed by atoms with van der Waals surface area (Å²) in [6.45, 7) is 7.84. The minimum absolute atomic E-state index is 0. The summed E-state index contributed by atoms with van der Waals surface area (Å²) >= 11 is 0. The average Bonchev–Trinajstić information content (AvgIpc) is 2.62. The van der Waals surface area contributed by atoms with Crippen LogP contribution in [0, 0.1) is 0 Å². The molecule has 0 atom stereocenters. The van der Waals surface area contributed by atoms with Crippen molar-refractivity contribution in [2.24, 2.45) is 0 Å². The number of hydrogen-bond donors (Lipinski definition) is 0. The Bertz CT molecular complexity index is 564. The smallest absolute Gasteiger partial charge is 0.0366 e. The minimum Gasteiger partial charge on any atom is -0.377 e. The Balaban J connectivity index is 0.00000312. The summed E-state index contributed by atoms with van der Waals surface area (Å²) in [6, 6.07) is 9.00. The third-order valence-electron chi connectivity index (χ3n) is 4.43. The Kier molecular flexibility index (Phi) is 10.6. The van der Waals surface area contributed by atoms with Crippen LogP contribution in [0.4, 0.5) is 5.69 Å². The molecule has 0 saturated carbocycles. The van der Waals surface area contributed by atoms with Crippen LogP contribution in [0.3, 0.4) is 0 Å². The van der Waals surface area contributed by atoms with Crippen molar-refractivity contribution in [3.63, 3.8) is 0 Å². The van der Waals surface area contributed by atoms with Crippen molar-refractivity contribution < 1.29 is 0 Å². The number of nitrogens with zero attached hydrogens (tertiary/aromatic N) is 2. The lowest BCUT2D eigenvalue weighted by Crippen LogP contribution is -2.25. The van der Waals surface area contributed by atoms with Crippen LogP contribution in [-0.4, -0.2) is 31.6 Å². The molecule has 0 aliphatic carbocycles. The number of anilines is 1. The Morgan fingerprint density at radius 1 is 1.00 bits per heavy atom. The maximum atomic E-state index is 2.53. The first-order valence-electron chi connectivity index (χ1n) is 9.34. The topological polar surface area (TPSA) is 6.48 Å². The minimum atomic E-state index is 0. The first-order valence-corrected chi connectivity index (χ1v) is 9.34. The Morgan fingerprint density at radius 2 is 1.64 bits per heavy atom. The number of unbranched alkanes of at least 4 members (excludes halogenated alkanes) is 2. The summed E-state index contributed by atoms with van der Waals surface area (Å²) in [4.78, 5) is 4.70. The van der Waals surface area contributed by atoms with Gasteiger partial charge in [0.25, 0.3) is 0 Å². The molecule has 0 N–H and O–H groups in total. The molecule has 0 spiro atoms. The molecule has 0 bridgehead atoms. The molecule has 1 heterocycles. The van der Waals surface area contributed by atoms with E-state index in [-0.39, 0.29) is 24.0 Å². The van der Waals surface area contributed by atoms with E-state index < -0.39 is 0 Å². The lowest BCUT2D eigenvalue weighted by molar-refractivity contribution is 0.503. The van der Waals surface area contributed by atoms with E-state index in [9.17, 15) is 0 Å². The van der Waals surface area contributed by atoms with Crippen molar-refractivity contribution in [2.45, 2.75) is 39.5 Å². The molecule has 2 rings (SSSR count). The van der Waals surface area contributed by atoms with Crippen molar-refractivity contribution in [1.82, 2.24) is 4.90 Å². The van der Waals surface area contributed by atoms with Gasteiger partial charge in [0.05, 0.1) is 0 Å². The quantitative estimate of drug-likeness (QED) is 0.417. The summed E-state index contributed by atoms with van der Waals surface area (Å²) in [7, 11) is 2.09. The van der Waals surface area contributed by atoms with Gasteiger partial charge in [0, 0.05) is 32.4 Å². The third-order valence-corrected chi connectivity index (χ3v) is 4.43. The van der Waals surface area contributed by atoms with Crippen LogP contribution in [0.15, 0.2) is 54.3 Å². The molecule has 0 saturated heterocycles. The molecule has 1 aliphatic heterocycles. The van der Waals surface area contributed by atoms with E-state index >= 15 is 0 Å². The molecular weight excluding hydrogens is 419 g/mol. The second-order valence-corrected chi connectivity index (χ2v) is 6.58. The van der Waals surface area contributed by atoms with Crippen LogP contribution in [0.25, 0.3) is 6.08 Å². The molecule has 1 aromatic carbocycles. The monoisotopic (exact) mass is 452 g/mol. The van der Waals surface area contributed by atoms with Gasteiger partial charge in [-0.15, -0.1) is 24.0 Å². The largest absolute Gasteiger partial charge is 0.377 e. The lowest BCUT2D eigenvalue weighted by atomic mass is 10.1. The predicted octanol–water partition coefficient (Wildman–Crippen LogP) is 6.11. The molecule has 0 aromatic heterocycles. The number of halogens is 1. The molecule has 1 aliphatic rings. The molecule has 0 amide bonds. The van der Waals surface area contributed by atoms with Crippen molar-refractivity contribution in [2.75, 3.05) is 31.6 Å². The van der Waals surface area contributed by atoms with E-state index in [2.05, 4.69) is 85.5 Å².